The van der Waals surface area contributed by atoms with Crippen molar-refractivity contribution in [3.05, 3.63) is 89.0 Å². The molecule has 0 bridgehead atoms. The van der Waals surface area contributed by atoms with Gasteiger partial charge in [0.2, 0.25) is 0 Å². The first-order chi connectivity index (χ1) is 14.5. The minimum Gasteiger partial charge on any atom is -0.484 e. The van der Waals surface area contributed by atoms with Crippen LogP contribution in [0, 0.1) is 10.1 Å². The second-order valence-electron chi connectivity index (χ2n) is 6.57. The van der Waals surface area contributed by atoms with Crippen LogP contribution in [0.4, 0.5) is 17.1 Å². The molecule has 1 saturated heterocycles. The number of para-hydroxylation sites is 2. The number of rotatable bonds is 8. The Labute approximate surface area is 173 Å². The Morgan fingerprint density at radius 3 is 2.23 bits per heavy atom. The van der Waals surface area contributed by atoms with Crippen LogP contribution >= 0.6 is 0 Å². The Kier molecular flexibility index (Phi) is 5.39. The van der Waals surface area contributed by atoms with E-state index in [1.165, 1.54) is 30.3 Å². The molecule has 30 heavy (non-hydrogen) atoms. The van der Waals surface area contributed by atoms with Gasteiger partial charge in [0, 0.05) is 0 Å². The van der Waals surface area contributed by atoms with Crippen LogP contribution in [0.5, 0.6) is 5.75 Å². The van der Waals surface area contributed by atoms with Gasteiger partial charge in [0.25, 0.3) is 10.0 Å². The molecule has 1 heterocycles. The zero-order valence-electron chi connectivity index (χ0n) is 15.7. The van der Waals surface area contributed by atoms with E-state index < -0.39 is 20.6 Å². The lowest BCUT2D eigenvalue weighted by Gasteiger charge is -2.25. The van der Waals surface area contributed by atoms with E-state index in [2.05, 4.69) is 0 Å². The maximum absolute atomic E-state index is 13.5. The van der Waals surface area contributed by atoms with Gasteiger partial charge in [0.1, 0.15) is 18.4 Å². The van der Waals surface area contributed by atoms with E-state index in [1.54, 1.807) is 48.5 Å². The quantitative estimate of drug-likeness (QED) is 0.308. The van der Waals surface area contributed by atoms with Crippen molar-refractivity contribution in [3.8, 4) is 5.75 Å². The fraction of sp³-hybridized carbons (Fsp3) is 0.143. The van der Waals surface area contributed by atoms with Gasteiger partial charge >= 0.3 is 5.69 Å². The van der Waals surface area contributed by atoms with E-state index in [0.717, 1.165) is 4.31 Å². The van der Waals surface area contributed by atoms with Crippen LogP contribution in [-0.2, 0) is 14.8 Å². The number of sulfonamides is 1. The van der Waals surface area contributed by atoms with E-state index in [9.17, 15) is 18.5 Å². The summed E-state index contributed by atoms with van der Waals surface area (Å²) < 4.78 is 38.7. The van der Waals surface area contributed by atoms with Gasteiger partial charge in [-0.1, -0.05) is 42.5 Å². The summed E-state index contributed by atoms with van der Waals surface area (Å²) in [5, 5.41) is 12.0. The standard InChI is InChI=1S/C21H18N2O6S/c24-23(25)21-19(12-7-13-20(21)29-15-17-14-28-17)22(16-8-3-1-4-9-16)30(26,27)18-10-5-2-6-11-18/h1-13,17H,14-15H2. The molecule has 0 saturated carbocycles. The fourth-order valence-electron chi connectivity index (χ4n) is 2.99. The topological polar surface area (TPSA) is 102 Å². The van der Waals surface area contributed by atoms with Gasteiger partial charge in [-0.05, 0) is 36.4 Å². The van der Waals surface area contributed by atoms with Gasteiger partial charge < -0.3 is 9.47 Å². The molecule has 3 aromatic carbocycles. The summed E-state index contributed by atoms with van der Waals surface area (Å²) in [7, 11) is -4.15. The molecule has 4 rings (SSSR count). The zero-order chi connectivity index (χ0) is 21.1. The number of epoxide rings is 1. The Bertz CT molecular complexity index is 1150. The van der Waals surface area contributed by atoms with E-state index in [0.29, 0.717) is 6.61 Å². The first kappa shape index (κ1) is 19.9. The monoisotopic (exact) mass is 426 g/mol. The number of nitro benzene ring substituents is 1. The van der Waals surface area contributed by atoms with Crippen LogP contribution in [0.2, 0.25) is 0 Å². The number of benzene rings is 3. The zero-order valence-corrected chi connectivity index (χ0v) is 16.6. The summed E-state index contributed by atoms with van der Waals surface area (Å²) in [6, 6.07) is 20.4. The molecule has 0 N–H and O–H groups in total. The summed E-state index contributed by atoms with van der Waals surface area (Å²) in [6.07, 6.45) is -0.105. The van der Waals surface area contributed by atoms with Crippen LogP contribution in [0.25, 0.3) is 0 Å². The number of hydrogen-bond acceptors (Lipinski definition) is 6. The minimum atomic E-state index is -4.15. The number of anilines is 2. The second-order valence-corrected chi connectivity index (χ2v) is 8.35. The molecule has 0 radical (unpaired) electrons. The van der Waals surface area contributed by atoms with Crippen LogP contribution in [0.3, 0.4) is 0 Å². The van der Waals surface area contributed by atoms with Gasteiger partial charge in [-0.25, -0.2) is 12.7 Å². The van der Waals surface area contributed by atoms with Gasteiger partial charge in [-0.3, -0.25) is 10.1 Å². The van der Waals surface area contributed by atoms with E-state index in [4.69, 9.17) is 9.47 Å². The van der Waals surface area contributed by atoms with Crippen molar-refractivity contribution in [2.75, 3.05) is 17.5 Å². The molecule has 1 fully saturated rings. The summed E-state index contributed by atoms with van der Waals surface area (Å²) in [4.78, 5) is 11.4. The van der Waals surface area contributed by atoms with Crippen LogP contribution in [-0.4, -0.2) is 32.7 Å². The van der Waals surface area contributed by atoms with Crippen molar-refractivity contribution in [1.82, 2.24) is 0 Å². The third-order valence-corrected chi connectivity index (χ3v) is 6.23. The molecule has 1 unspecified atom stereocenters. The Hall–Kier alpha value is -3.43. The number of hydrogen-bond donors (Lipinski definition) is 0. The van der Waals surface area contributed by atoms with E-state index in [1.807, 2.05) is 0 Å². The predicted octanol–water partition coefficient (Wildman–Crippen LogP) is 3.90. The molecular formula is C21H18N2O6S. The predicted molar refractivity (Wildman–Crippen MR) is 111 cm³/mol. The van der Waals surface area contributed by atoms with Crippen molar-refractivity contribution in [2.24, 2.45) is 0 Å². The smallest absolute Gasteiger partial charge is 0.335 e. The molecule has 0 spiro atoms. The van der Waals surface area contributed by atoms with Crippen LogP contribution < -0.4 is 9.04 Å². The van der Waals surface area contributed by atoms with E-state index in [-0.39, 0.29) is 34.7 Å². The third kappa shape index (κ3) is 3.98. The summed E-state index contributed by atoms with van der Waals surface area (Å²) in [6.45, 7) is 0.688. The lowest BCUT2D eigenvalue weighted by Crippen LogP contribution is -2.27. The lowest BCUT2D eigenvalue weighted by molar-refractivity contribution is -0.385. The first-order valence-electron chi connectivity index (χ1n) is 9.16. The number of nitro groups is 1. The highest BCUT2D eigenvalue weighted by Gasteiger charge is 2.35. The van der Waals surface area contributed by atoms with Gasteiger partial charge in [0.15, 0.2) is 5.75 Å². The average molecular weight is 426 g/mol. The van der Waals surface area contributed by atoms with Crippen molar-refractivity contribution in [3.63, 3.8) is 0 Å². The normalized spacial score (nSPS) is 15.4. The molecule has 1 aliphatic heterocycles. The molecule has 0 aromatic heterocycles. The lowest BCUT2D eigenvalue weighted by atomic mass is 10.2. The molecular weight excluding hydrogens is 408 g/mol. The Balaban J connectivity index is 1.89. The van der Waals surface area contributed by atoms with E-state index >= 15 is 0 Å². The third-order valence-electron chi connectivity index (χ3n) is 4.48. The molecule has 0 amide bonds. The second kappa shape index (κ2) is 8.13. The fourth-order valence-corrected chi connectivity index (χ4v) is 4.51. The summed E-state index contributed by atoms with van der Waals surface area (Å²) in [5.41, 5.74) is -0.266. The van der Waals surface area contributed by atoms with Crippen molar-refractivity contribution < 1.29 is 22.8 Å². The molecule has 1 aliphatic rings. The highest BCUT2D eigenvalue weighted by atomic mass is 32.2. The summed E-state index contributed by atoms with van der Waals surface area (Å²) in [5.74, 6) is -0.0165. The van der Waals surface area contributed by atoms with Crippen molar-refractivity contribution in [2.45, 2.75) is 11.0 Å². The molecule has 9 heteroatoms. The first-order valence-corrected chi connectivity index (χ1v) is 10.6. The molecule has 154 valence electrons. The van der Waals surface area contributed by atoms with Gasteiger partial charge in [-0.2, -0.15) is 0 Å². The highest BCUT2D eigenvalue weighted by molar-refractivity contribution is 7.93. The van der Waals surface area contributed by atoms with Crippen molar-refractivity contribution >= 4 is 27.1 Å². The van der Waals surface area contributed by atoms with Gasteiger partial charge in [0.05, 0.1) is 22.1 Å². The largest absolute Gasteiger partial charge is 0.484 e. The molecule has 0 aliphatic carbocycles. The summed E-state index contributed by atoms with van der Waals surface area (Å²) >= 11 is 0. The SMILES string of the molecule is O=[N+]([O-])c1c(OCC2CO2)cccc1N(c1ccccc1)S(=O)(=O)c1ccccc1. The number of ether oxygens (including phenoxy) is 2. The molecule has 8 nitrogen and oxygen atoms in total. The highest BCUT2D eigenvalue weighted by Crippen LogP contribution is 2.43. The maximum Gasteiger partial charge on any atom is 0.335 e. The molecule has 1 atom stereocenters. The van der Waals surface area contributed by atoms with Crippen LogP contribution in [0.1, 0.15) is 0 Å². The molecule has 3 aromatic rings. The Morgan fingerprint density at radius 2 is 1.63 bits per heavy atom. The Morgan fingerprint density at radius 1 is 1.00 bits per heavy atom. The number of nitrogens with zero attached hydrogens (tertiary/aromatic N) is 2. The minimum absolute atomic E-state index is 0.0147. The van der Waals surface area contributed by atoms with Gasteiger partial charge in [-0.15, -0.1) is 0 Å². The van der Waals surface area contributed by atoms with Crippen LogP contribution in [0.15, 0.2) is 83.8 Å². The average Bonchev–Trinajstić information content (AvgIpc) is 3.58. The van der Waals surface area contributed by atoms with Crippen molar-refractivity contribution in [1.29, 1.82) is 0 Å². The maximum atomic E-state index is 13.5.